The number of carbonyl (C=O) groups is 6. The molecule has 2 aliphatic heterocycles. The Labute approximate surface area is 345 Å². The highest BCUT2D eigenvalue weighted by Gasteiger charge is 2.41. The SMILES string of the molecule is COC(=O)[C@H](Cc1ccc(C(=O)c2ccccc2)cc1)NC(=O)[C@@H]1CCCN1C(=O)/C(C)=C/[C@H](C(C)C)N(C)C(=O)[C@@H](NC(=O)C1CCCCN1C(C)C)C(C)(C)C. The Hall–Kier alpha value is -4.84. The number of benzene rings is 2. The van der Waals surface area contributed by atoms with E-state index in [9.17, 15) is 28.8 Å². The van der Waals surface area contributed by atoms with Gasteiger partial charge < -0.3 is 25.2 Å². The lowest BCUT2D eigenvalue weighted by atomic mass is 9.84. The number of piperidine rings is 1. The minimum atomic E-state index is -1.02. The number of methoxy groups -OCH3 is 1. The van der Waals surface area contributed by atoms with Gasteiger partial charge in [0.05, 0.1) is 19.2 Å². The molecule has 0 bridgehead atoms. The second kappa shape index (κ2) is 20.2. The number of carbonyl (C=O) groups excluding carboxylic acids is 6. The highest BCUT2D eigenvalue weighted by molar-refractivity contribution is 6.09. The van der Waals surface area contributed by atoms with Crippen LogP contribution in [0.5, 0.6) is 0 Å². The molecule has 0 radical (unpaired) electrons. The number of likely N-dealkylation sites (tertiary alicyclic amines) is 2. The number of esters is 1. The number of ether oxygens (including phenoxy) is 1. The van der Waals surface area contributed by atoms with Crippen molar-refractivity contribution in [3.63, 3.8) is 0 Å². The summed E-state index contributed by atoms with van der Waals surface area (Å²) in [5, 5.41) is 5.95. The van der Waals surface area contributed by atoms with Crippen LogP contribution in [0.4, 0.5) is 0 Å². The Morgan fingerprint density at radius 1 is 0.828 bits per heavy atom. The number of amides is 4. The summed E-state index contributed by atoms with van der Waals surface area (Å²) in [5.41, 5.74) is 1.59. The Morgan fingerprint density at radius 2 is 1.43 bits per heavy atom. The van der Waals surface area contributed by atoms with Crippen molar-refractivity contribution in [2.45, 2.75) is 130 Å². The molecule has 0 aromatic heterocycles. The first-order valence-electron chi connectivity index (χ1n) is 20.7. The van der Waals surface area contributed by atoms with Gasteiger partial charge in [0.2, 0.25) is 23.6 Å². The number of hydrogen-bond donors (Lipinski definition) is 2. The molecule has 12 nitrogen and oxygen atoms in total. The van der Waals surface area contributed by atoms with E-state index >= 15 is 0 Å². The molecule has 0 saturated carbocycles. The molecule has 2 aliphatic rings. The van der Waals surface area contributed by atoms with Crippen LogP contribution in [0.15, 0.2) is 66.2 Å². The molecule has 316 valence electrons. The Bertz CT molecular complexity index is 1800. The molecule has 4 rings (SSSR count). The summed E-state index contributed by atoms with van der Waals surface area (Å²) in [4.78, 5) is 87.1. The minimum Gasteiger partial charge on any atom is -0.467 e. The normalized spacial score (nSPS) is 19.3. The molecular formula is C46H65N5O7. The van der Waals surface area contributed by atoms with Crippen LogP contribution in [0.25, 0.3) is 0 Å². The van der Waals surface area contributed by atoms with Crippen LogP contribution in [0.2, 0.25) is 0 Å². The molecule has 12 heteroatoms. The van der Waals surface area contributed by atoms with Gasteiger partial charge in [0.15, 0.2) is 5.78 Å². The molecule has 4 amide bonds. The fourth-order valence-corrected chi connectivity index (χ4v) is 8.07. The third-order valence-electron chi connectivity index (χ3n) is 11.5. The van der Waals surface area contributed by atoms with Gasteiger partial charge in [0.1, 0.15) is 18.1 Å². The molecule has 2 N–H and O–H groups in total. The maximum Gasteiger partial charge on any atom is 0.328 e. The van der Waals surface area contributed by atoms with Gasteiger partial charge in [0, 0.05) is 42.8 Å². The topological polar surface area (TPSA) is 145 Å². The lowest BCUT2D eigenvalue weighted by Gasteiger charge is -2.41. The van der Waals surface area contributed by atoms with Crippen LogP contribution < -0.4 is 10.6 Å². The minimum absolute atomic E-state index is 0.0770. The highest BCUT2D eigenvalue weighted by Crippen LogP contribution is 2.27. The lowest BCUT2D eigenvalue weighted by Crippen LogP contribution is -2.60. The zero-order valence-electron chi connectivity index (χ0n) is 36.2. The van der Waals surface area contributed by atoms with Crippen LogP contribution in [0, 0.1) is 11.3 Å². The van der Waals surface area contributed by atoms with Gasteiger partial charge in [-0.3, -0.25) is 28.9 Å². The average molecular weight is 800 g/mol. The van der Waals surface area contributed by atoms with E-state index in [1.54, 1.807) is 73.5 Å². The van der Waals surface area contributed by atoms with Crippen molar-refractivity contribution < 1.29 is 33.5 Å². The van der Waals surface area contributed by atoms with Crippen molar-refractivity contribution in [2.75, 3.05) is 27.2 Å². The first-order valence-corrected chi connectivity index (χ1v) is 20.7. The van der Waals surface area contributed by atoms with E-state index in [4.69, 9.17) is 4.74 Å². The summed E-state index contributed by atoms with van der Waals surface area (Å²) in [6.45, 7) is 16.8. The zero-order chi connectivity index (χ0) is 42.9. The van der Waals surface area contributed by atoms with Gasteiger partial charge in [-0.05, 0) is 69.9 Å². The predicted octanol–water partition coefficient (Wildman–Crippen LogP) is 5.33. The second-order valence-corrected chi connectivity index (χ2v) is 17.5. The van der Waals surface area contributed by atoms with Crippen LogP contribution in [0.1, 0.15) is 109 Å². The molecule has 2 heterocycles. The van der Waals surface area contributed by atoms with Gasteiger partial charge in [0.25, 0.3) is 0 Å². The van der Waals surface area contributed by atoms with Crippen LogP contribution in [-0.2, 0) is 35.1 Å². The lowest BCUT2D eigenvalue weighted by molar-refractivity contribution is -0.146. The number of ketones is 1. The molecule has 58 heavy (non-hydrogen) atoms. The van der Waals surface area contributed by atoms with Gasteiger partial charge in [-0.2, -0.15) is 0 Å². The first-order chi connectivity index (χ1) is 27.3. The van der Waals surface area contributed by atoms with E-state index in [1.165, 1.54) is 12.0 Å². The Balaban J connectivity index is 1.46. The van der Waals surface area contributed by atoms with E-state index < -0.39 is 41.5 Å². The van der Waals surface area contributed by atoms with Gasteiger partial charge in [-0.15, -0.1) is 0 Å². The molecule has 2 aromatic rings. The maximum absolute atomic E-state index is 14.3. The largest absolute Gasteiger partial charge is 0.467 e. The Kier molecular flexibility index (Phi) is 16.0. The van der Waals surface area contributed by atoms with Gasteiger partial charge >= 0.3 is 5.97 Å². The quantitative estimate of drug-likeness (QED) is 0.140. The molecule has 2 fully saturated rings. The van der Waals surface area contributed by atoms with Crippen LogP contribution in [-0.4, -0.2) is 114 Å². The summed E-state index contributed by atoms with van der Waals surface area (Å²) in [7, 11) is 2.96. The van der Waals surface area contributed by atoms with Crippen molar-refractivity contribution in [3.05, 3.63) is 82.9 Å². The number of nitrogens with one attached hydrogen (secondary N) is 2. The summed E-state index contributed by atoms with van der Waals surface area (Å²) < 4.78 is 5.04. The third kappa shape index (κ3) is 11.4. The predicted molar refractivity (Wildman–Crippen MR) is 225 cm³/mol. The van der Waals surface area contributed by atoms with Crippen LogP contribution >= 0.6 is 0 Å². The average Bonchev–Trinajstić information content (AvgIpc) is 3.70. The molecule has 2 saturated heterocycles. The van der Waals surface area contributed by atoms with E-state index in [0.29, 0.717) is 36.1 Å². The Morgan fingerprint density at radius 3 is 2.02 bits per heavy atom. The molecule has 5 atom stereocenters. The highest BCUT2D eigenvalue weighted by atomic mass is 16.5. The first kappa shape index (κ1) is 45.9. The summed E-state index contributed by atoms with van der Waals surface area (Å²) in [6, 6.07) is 12.6. The summed E-state index contributed by atoms with van der Waals surface area (Å²) >= 11 is 0. The fourth-order valence-electron chi connectivity index (χ4n) is 8.07. The molecule has 0 aliphatic carbocycles. The molecule has 2 aromatic carbocycles. The van der Waals surface area contributed by atoms with Crippen molar-refractivity contribution in [3.8, 4) is 0 Å². The maximum atomic E-state index is 14.3. The van der Waals surface area contributed by atoms with E-state index in [-0.39, 0.29) is 47.9 Å². The van der Waals surface area contributed by atoms with Crippen molar-refractivity contribution in [1.82, 2.24) is 25.3 Å². The second-order valence-electron chi connectivity index (χ2n) is 17.5. The molecular weight excluding hydrogens is 735 g/mol. The van der Waals surface area contributed by atoms with E-state index in [1.807, 2.05) is 40.7 Å². The zero-order valence-corrected chi connectivity index (χ0v) is 36.2. The third-order valence-corrected chi connectivity index (χ3v) is 11.5. The smallest absolute Gasteiger partial charge is 0.328 e. The number of hydrogen-bond acceptors (Lipinski definition) is 8. The van der Waals surface area contributed by atoms with Crippen molar-refractivity contribution >= 4 is 35.4 Å². The molecule has 0 spiro atoms. The number of likely N-dealkylation sites (N-methyl/N-ethyl adjacent to an activating group) is 1. The fraction of sp³-hybridized carbons (Fsp3) is 0.565. The van der Waals surface area contributed by atoms with Crippen LogP contribution in [0.3, 0.4) is 0 Å². The number of nitrogens with zero attached hydrogens (tertiary/aromatic N) is 3. The van der Waals surface area contributed by atoms with E-state index in [2.05, 4.69) is 29.4 Å². The van der Waals surface area contributed by atoms with Crippen molar-refractivity contribution in [2.24, 2.45) is 11.3 Å². The summed E-state index contributed by atoms with van der Waals surface area (Å²) in [6.07, 6.45) is 5.68. The standard InChI is InChI=1S/C46H65N5O7/c1-29(2)38(49(9)44(56)40(46(6,7)8)48-42(54)36-19-14-15-25-50(36)30(3)4)27-31(5)43(55)51-26-16-20-37(51)41(53)47-35(45(57)58-10)28-32-21-23-34(24-22-32)39(52)33-17-12-11-13-18-33/h11-13,17-18,21-24,27,29-30,35-38,40H,14-16,19-20,25-26,28H2,1-10H3,(H,47,53)(H,48,54)/b31-27+/t35-,36?,37-,38+,40+/m0/s1. The van der Waals surface area contributed by atoms with Crippen molar-refractivity contribution in [1.29, 1.82) is 0 Å². The summed E-state index contributed by atoms with van der Waals surface area (Å²) in [5.74, 6) is -2.00. The van der Waals surface area contributed by atoms with Gasteiger partial charge in [-0.25, -0.2) is 4.79 Å². The monoisotopic (exact) mass is 799 g/mol. The van der Waals surface area contributed by atoms with Gasteiger partial charge in [-0.1, -0.05) is 102 Å². The van der Waals surface area contributed by atoms with E-state index in [0.717, 1.165) is 31.4 Å². The number of rotatable bonds is 15. The molecule has 1 unspecified atom stereocenters.